The molecule has 104 valence electrons. The number of benzene rings is 2. The van der Waals surface area contributed by atoms with Crippen LogP contribution >= 0.6 is 11.8 Å². The van der Waals surface area contributed by atoms with Gasteiger partial charge >= 0.3 is 5.97 Å². The highest BCUT2D eigenvalue weighted by molar-refractivity contribution is 8.00. The Morgan fingerprint density at radius 3 is 2.50 bits per heavy atom. The summed E-state index contributed by atoms with van der Waals surface area (Å²) >= 11 is 1.41. The molecule has 0 spiro atoms. The van der Waals surface area contributed by atoms with Crippen LogP contribution in [0.25, 0.3) is 0 Å². The monoisotopic (exact) mass is 286 g/mol. The molecule has 3 heteroatoms. The van der Waals surface area contributed by atoms with Crippen molar-refractivity contribution in [3.63, 3.8) is 0 Å². The van der Waals surface area contributed by atoms with Crippen molar-refractivity contribution >= 4 is 17.7 Å². The second kappa shape index (κ2) is 6.62. The van der Waals surface area contributed by atoms with Gasteiger partial charge in [-0.1, -0.05) is 42.0 Å². The Morgan fingerprint density at radius 2 is 1.85 bits per heavy atom. The molecule has 2 aromatic rings. The zero-order valence-corrected chi connectivity index (χ0v) is 12.5. The zero-order valence-electron chi connectivity index (χ0n) is 11.7. The molecule has 2 rings (SSSR count). The quantitative estimate of drug-likeness (QED) is 0.841. The first kappa shape index (κ1) is 14.7. The van der Waals surface area contributed by atoms with Crippen molar-refractivity contribution in [1.29, 1.82) is 0 Å². The van der Waals surface area contributed by atoms with Gasteiger partial charge in [0.15, 0.2) is 0 Å². The molecule has 0 saturated carbocycles. The van der Waals surface area contributed by atoms with Crippen LogP contribution in [0.1, 0.15) is 16.7 Å². The smallest absolute Gasteiger partial charge is 0.317 e. The van der Waals surface area contributed by atoms with E-state index in [-0.39, 0.29) is 0 Å². The number of aryl methyl sites for hydroxylation is 2. The highest BCUT2D eigenvalue weighted by atomic mass is 32.2. The summed E-state index contributed by atoms with van der Waals surface area (Å²) < 4.78 is 0. The highest BCUT2D eigenvalue weighted by Crippen LogP contribution is 2.27. The second-order valence-corrected chi connectivity index (χ2v) is 6.17. The summed E-state index contributed by atoms with van der Waals surface area (Å²) in [7, 11) is 0. The van der Waals surface area contributed by atoms with Crippen molar-refractivity contribution < 1.29 is 9.90 Å². The van der Waals surface area contributed by atoms with Gasteiger partial charge in [0.2, 0.25) is 0 Å². The molecular formula is C17H18O2S. The zero-order chi connectivity index (χ0) is 14.5. The molecule has 0 aliphatic rings. The van der Waals surface area contributed by atoms with Crippen molar-refractivity contribution in [2.45, 2.75) is 30.4 Å². The second-order valence-electron chi connectivity index (χ2n) is 4.89. The number of thioether (sulfide) groups is 1. The van der Waals surface area contributed by atoms with E-state index in [0.717, 1.165) is 16.0 Å². The molecule has 2 aromatic carbocycles. The lowest BCUT2D eigenvalue weighted by Crippen LogP contribution is -2.19. The van der Waals surface area contributed by atoms with Crippen molar-refractivity contribution in [3.8, 4) is 0 Å². The predicted molar refractivity (Wildman–Crippen MR) is 83.3 cm³/mol. The minimum Gasteiger partial charge on any atom is -0.480 e. The Labute approximate surface area is 123 Å². The van der Waals surface area contributed by atoms with Gasteiger partial charge in [-0.05, 0) is 43.5 Å². The Morgan fingerprint density at radius 1 is 1.15 bits per heavy atom. The summed E-state index contributed by atoms with van der Waals surface area (Å²) in [5.74, 6) is -0.764. The van der Waals surface area contributed by atoms with E-state index in [2.05, 4.69) is 18.2 Å². The van der Waals surface area contributed by atoms with E-state index in [1.165, 1.54) is 17.3 Å². The van der Waals surface area contributed by atoms with E-state index in [9.17, 15) is 9.90 Å². The standard InChI is InChI=1S/C17H18O2S/c1-12-8-9-13(2)14(10-12)11-16(17(18)19)20-15-6-4-3-5-7-15/h3-10,16H,11H2,1-2H3,(H,18,19). The van der Waals surface area contributed by atoms with Crippen LogP contribution in [0, 0.1) is 13.8 Å². The Bertz CT molecular complexity index is 593. The van der Waals surface area contributed by atoms with E-state index in [4.69, 9.17) is 0 Å². The van der Waals surface area contributed by atoms with Gasteiger partial charge in [-0.2, -0.15) is 0 Å². The van der Waals surface area contributed by atoms with E-state index in [1.807, 2.05) is 44.2 Å². The first-order valence-corrected chi connectivity index (χ1v) is 7.45. The minimum atomic E-state index is -0.764. The van der Waals surface area contributed by atoms with Gasteiger partial charge in [0.05, 0.1) is 0 Å². The highest BCUT2D eigenvalue weighted by Gasteiger charge is 2.20. The average molecular weight is 286 g/mol. The van der Waals surface area contributed by atoms with Crippen LogP contribution in [0.2, 0.25) is 0 Å². The molecular weight excluding hydrogens is 268 g/mol. The van der Waals surface area contributed by atoms with Crippen molar-refractivity contribution in [3.05, 3.63) is 65.2 Å². The summed E-state index contributed by atoms with van der Waals surface area (Å²) in [6, 6.07) is 15.9. The van der Waals surface area contributed by atoms with Crippen LogP contribution in [0.3, 0.4) is 0 Å². The van der Waals surface area contributed by atoms with Crippen molar-refractivity contribution in [2.24, 2.45) is 0 Å². The molecule has 1 atom stereocenters. The number of carboxylic acid groups (broad SMARTS) is 1. The third-order valence-corrected chi connectivity index (χ3v) is 4.40. The maximum absolute atomic E-state index is 11.5. The predicted octanol–water partition coefficient (Wildman–Crippen LogP) is 4.09. The van der Waals surface area contributed by atoms with Crippen LogP contribution in [-0.2, 0) is 11.2 Å². The summed E-state index contributed by atoms with van der Waals surface area (Å²) in [6.45, 7) is 4.06. The van der Waals surface area contributed by atoms with Gasteiger partial charge in [-0.15, -0.1) is 11.8 Å². The Kier molecular flexibility index (Phi) is 4.85. The summed E-state index contributed by atoms with van der Waals surface area (Å²) in [6.07, 6.45) is 0.544. The Balaban J connectivity index is 2.18. The molecule has 0 aromatic heterocycles. The third-order valence-electron chi connectivity index (χ3n) is 3.21. The van der Waals surface area contributed by atoms with Gasteiger partial charge in [0.25, 0.3) is 0 Å². The molecule has 0 radical (unpaired) electrons. The summed E-state index contributed by atoms with van der Waals surface area (Å²) in [5.41, 5.74) is 3.43. The maximum Gasteiger partial charge on any atom is 0.317 e. The largest absolute Gasteiger partial charge is 0.480 e. The maximum atomic E-state index is 11.5. The molecule has 0 saturated heterocycles. The first-order valence-electron chi connectivity index (χ1n) is 6.57. The lowest BCUT2D eigenvalue weighted by atomic mass is 10.0. The van der Waals surface area contributed by atoms with Crippen molar-refractivity contribution in [2.75, 3.05) is 0 Å². The summed E-state index contributed by atoms with van der Waals surface area (Å²) in [4.78, 5) is 12.5. The lowest BCUT2D eigenvalue weighted by molar-refractivity contribution is -0.136. The Hall–Kier alpha value is -1.74. The molecule has 0 fully saturated rings. The van der Waals surface area contributed by atoms with Gasteiger partial charge in [-0.25, -0.2) is 0 Å². The SMILES string of the molecule is Cc1ccc(C)c(CC(Sc2ccccc2)C(=O)O)c1. The number of aliphatic carboxylic acids is 1. The van der Waals surface area contributed by atoms with Crippen molar-refractivity contribution in [1.82, 2.24) is 0 Å². The van der Waals surface area contributed by atoms with Gasteiger partial charge < -0.3 is 5.11 Å². The van der Waals surface area contributed by atoms with E-state index in [1.54, 1.807) is 0 Å². The molecule has 20 heavy (non-hydrogen) atoms. The third kappa shape index (κ3) is 3.87. The fourth-order valence-corrected chi connectivity index (χ4v) is 3.07. The average Bonchev–Trinajstić information content (AvgIpc) is 2.43. The van der Waals surface area contributed by atoms with Crippen LogP contribution in [0.15, 0.2) is 53.4 Å². The van der Waals surface area contributed by atoms with Gasteiger partial charge in [0, 0.05) is 4.90 Å². The number of carboxylic acids is 1. The number of hydrogen-bond acceptors (Lipinski definition) is 2. The normalized spacial score (nSPS) is 12.1. The van der Waals surface area contributed by atoms with E-state index in [0.29, 0.717) is 6.42 Å². The van der Waals surface area contributed by atoms with Crippen LogP contribution in [-0.4, -0.2) is 16.3 Å². The van der Waals surface area contributed by atoms with Gasteiger partial charge in [-0.3, -0.25) is 4.79 Å². The molecule has 1 N–H and O–H groups in total. The number of rotatable bonds is 5. The fourth-order valence-electron chi connectivity index (χ4n) is 2.06. The molecule has 0 aliphatic heterocycles. The molecule has 0 bridgehead atoms. The molecule has 1 unspecified atom stereocenters. The van der Waals surface area contributed by atoms with Crippen LogP contribution in [0.4, 0.5) is 0 Å². The first-order chi connectivity index (χ1) is 9.56. The molecule has 0 amide bonds. The summed E-state index contributed by atoms with van der Waals surface area (Å²) in [5, 5.41) is 8.97. The molecule has 0 aliphatic carbocycles. The van der Waals surface area contributed by atoms with Crippen LogP contribution < -0.4 is 0 Å². The fraction of sp³-hybridized carbons (Fsp3) is 0.235. The van der Waals surface area contributed by atoms with Gasteiger partial charge in [0.1, 0.15) is 5.25 Å². The van der Waals surface area contributed by atoms with E-state index < -0.39 is 11.2 Å². The van der Waals surface area contributed by atoms with Crippen LogP contribution in [0.5, 0.6) is 0 Å². The number of carbonyl (C=O) groups is 1. The van der Waals surface area contributed by atoms with E-state index >= 15 is 0 Å². The number of hydrogen-bond donors (Lipinski definition) is 1. The molecule has 2 nitrogen and oxygen atoms in total. The lowest BCUT2D eigenvalue weighted by Gasteiger charge is -2.14. The minimum absolute atomic E-state index is 0.460. The topological polar surface area (TPSA) is 37.3 Å². The molecule has 0 heterocycles.